The number of benzene rings is 1. The predicted molar refractivity (Wildman–Crippen MR) is 87.5 cm³/mol. The number of rotatable bonds is 6. The maximum Gasteiger partial charge on any atom is 0.311 e. The average Bonchev–Trinajstić information content (AvgIpc) is 2.55. The van der Waals surface area contributed by atoms with Gasteiger partial charge < -0.3 is 10.1 Å². The van der Waals surface area contributed by atoms with Gasteiger partial charge in [0.1, 0.15) is 0 Å². The van der Waals surface area contributed by atoms with Gasteiger partial charge in [0.05, 0.1) is 4.92 Å². The highest BCUT2D eigenvalue weighted by Gasteiger charge is 2.22. The van der Waals surface area contributed by atoms with E-state index in [1.165, 1.54) is 25.3 Å². The molecule has 1 amide bonds. The topological polar surface area (TPSA) is 81.5 Å². The van der Waals surface area contributed by atoms with Gasteiger partial charge in [0.15, 0.2) is 11.9 Å². The Kier molecular flexibility index (Phi) is 5.96. The van der Waals surface area contributed by atoms with Crippen LogP contribution in [0, 0.1) is 23.0 Å². The van der Waals surface area contributed by atoms with Gasteiger partial charge in [-0.25, -0.2) is 0 Å². The molecule has 0 aromatic heterocycles. The minimum Gasteiger partial charge on any atom is -0.474 e. The first-order valence-electron chi connectivity index (χ1n) is 8.17. The third kappa shape index (κ3) is 4.94. The molecule has 1 aromatic rings. The minimum absolute atomic E-state index is 0.114. The third-order valence-corrected chi connectivity index (χ3v) is 4.27. The van der Waals surface area contributed by atoms with Crippen molar-refractivity contribution in [3.8, 4) is 5.75 Å². The Balaban J connectivity index is 1.91. The molecule has 1 saturated carbocycles. The molecule has 0 saturated heterocycles. The minimum atomic E-state index is -0.764. The number of ether oxygens (including phenoxy) is 1. The monoisotopic (exact) mass is 320 g/mol. The highest BCUT2D eigenvalue weighted by molar-refractivity contribution is 5.80. The van der Waals surface area contributed by atoms with E-state index < -0.39 is 11.0 Å². The highest BCUT2D eigenvalue weighted by Crippen LogP contribution is 2.28. The van der Waals surface area contributed by atoms with Crippen LogP contribution in [-0.2, 0) is 4.79 Å². The van der Waals surface area contributed by atoms with Crippen molar-refractivity contribution in [2.75, 3.05) is 6.54 Å². The molecule has 1 fully saturated rings. The first-order valence-corrected chi connectivity index (χ1v) is 8.17. The van der Waals surface area contributed by atoms with Crippen molar-refractivity contribution in [2.45, 2.75) is 52.1 Å². The van der Waals surface area contributed by atoms with E-state index in [0.717, 1.165) is 18.4 Å². The molecule has 1 atom stereocenters. The number of nitrogens with one attached hydrogen (secondary N) is 1. The molecule has 0 unspecified atom stereocenters. The van der Waals surface area contributed by atoms with Gasteiger partial charge in [-0.1, -0.05) is 25.3 Å². The van der Waals surface area contributed by atoms with E-state index in [4.69, 9.17) is 4.74 Å². The van der Waals surface area contributed by atoms with Gasteiger partial charge in [0, 0.05) is 12.6 Å². The van der Waals surface area contributed by atoms with Crippen LogP contribution in [0.1, 0.15) is 44.6 Å². The molecular weight excluding hydrogens is 296 g/mol. The summed E-state index contributed by atoms with van der Waals surface area (Å²) in [7, 11) is 0. The van der Waals surface area contributed by atoms with Crippen molar-refractivity contribution in [1.82, 2.24) is 5.32 Å². The number of amides is 1. The number of hydrogen-bond donors (Lipinski definition) is 1. The van der Waals surface area contributed by atoms with E-state index in [2.05, 4.69) is 5.32 Å². The second kappa shape index (κ2) is 7.94. The highest BCUT2D eigenvalue weighted by atomic mass is 16.6. The van der Waals surface area contributed by atoms with Gasteiger partial charge in [0.25, 0.3) is 5.91 Å². The van der Waals surface area contributed by atoms with Crippen molar-refractivity contribution in [3.63, 3.8) is 0 Å². The molecule has 6 nitrogen and oxygen atoms in total. The smallest absolute Gasteiger partial charge is 0.311 e. The number of nitrogens with zero attached hydrogens (tertiary/aromatic N) is 1. The Bertz CT molecular complexity index is 568. The van der Waals surface area contributed by atoms with Crippen LogP contribution in [0.5, 0.6) is 5.75 Å². The molecule has 0 radical (unpaired) electrons. The van der Waals surface area contributed by atoms with Crippen molar-refractivity contribution in [1.29, 1.82) is 0 Å². The standard InChI is InChI=1S/C17H24N2O4/c1-12-8-9-16(15(10-12)19(21)22)23-13(2)17(20)18-11-14-6-4-3-5-7-14/h8-10,13-14H,3-7,11H2,1-2H3,(H,18,20)/t13-/m0/s1. The SMILES string of the molecule is Cc1ccc(O[C@@H](C)C(=O)NCC2CCCCC2)c([N+](=O)[O-])c1. The second-order valence-corrected chi connectivity index (χ2v) is 6.24. The summed E-state index contributed by atoms with van der Waals surface area (Å²) in [6.45, 7) is 4.04. The van der Waals surface area contributed by atoms with E-state index >= 15 is 0 Å². The Morgan fingerprint density at radius 1 is 1.39 bits per heavy atom. The van der Waals surface area contributed by atoms with Crippen LogP contribution in [0.2, 0.25) is 0 Å². The molecule has 2 rings (SSSR count). The maximum absolute atomic E-state index is 12.1. The summed E-state index contributed by atoms with van der Waals surface area (Å²) in [5, 5.41) is 14.0. The fourth-order valence-corrected chi connectivity index (χ4v) is 2.89. The van der Waals surface area contributed by atoms with Gasteiger partial charge in [-0.05, 0) is 44.2 Å². The fraction of sp³-hybridized carbons (Fsp3) is 0.588. The average molecular weight is 320 g/mol. The molecule has 6 heteroatoms. The largest absolute Gasteiger partial charge is 0.474 e. The molecule has 0 heterocycles. The molecule has 1 N–H and O–H groups in total. The summed E-state index contributed by atoms with van der Waals surface area (Å²) in [4.78, 5) is 22.7. The lowest BCUT2D eigenvalue weighted by molar-refractivity contribution is -0.386. The van der Waals surface area contributed by atoms with E-state index in [1.54, 1.807) is 26.0 Å². The molecule has 1 aliphatic rings. The van der Waals surface area contributed by atoms with Gasteiger partial charge in [0.2, 0.25) is 0 Å². The lowest BCUT2D eigenvalue weighted by atomic mass is 9.89. The second-order valence-electron chi connectivity index (χ2n) is 6.24. The van der Waals surface area contributed by atoms with Crippen LogP contribution >= 0.6 is 0 Å². The van der Waals surface area contributed by atoms with Gasteiger partial charge in [-0.15, -0.1) is 0 Å². The Labute approximate surface area is 136 Å². The molecule has 23 heavy (non-hydrogen) atoms. The number of nitro groups is 1. The summed E-state index contributed by atoms with van der Waals surface area (Å²) < 4.78 is 5.51. The number of carbonyl (C=O) groups excluding carboxylic acids is 1. The fourth-order valence-electron chi connectivity index (χ4n) is 2.89. The summed E-state index contributed by atoms with van der Waals surface area (Å²) in [5.41, 5.74) is 0.662. The number of carbonyl (C=O) groups is 1. The molecule has 0 bridgehead atoms. The van der Waals surface area contributed by atoms with Crippen LogP contribution in [0.3, 0.4) is 0 Å². The quantitative estimate of drug-likeness (QED) is 0.643. The zero-order chi connectivity index (χ0) is 16.8. The Morgan fingerprint density at radius 2 is 2.09 bits per heavy atom. The van der Waals surface area contributed by atoms with Crippen molar-refractivity contribution < 1.29 is 14.5 Å². The maximum atomic E-state index is 12.1. The lowest BCUT2D eigenvalue weighted by Crippen LogP contribution is -2.39. The Morgan fingerprint density at radius 3 is 2.74 bits per heavy atom. The molecule has 0 spiro atoms. The van der Waals surface area contributed by atoms with Crippen LogP contribution in [0.25, 0.3) is 0 Å². The summed E-state index contributed by atoms with van der Waals surface area (Å²) in [6.07, 6.45) is 5.27. The van der Waals surface area contributed by atoms with Crippen molar-refractivity contribution >= 4 is 11.6 Å². The number of nitro benzene ring substituents is 1. The normalized spacial score (nSPS) is 16.6. The van der Waals surface area contributed by atoms with Crippen molar-refractivity contribution in [3.05, 3.63) is 33.9 Å². The molecule has 126 valence electrons. The first kappa shape index (κ1) is 17.2. The number of hydrogen-bond acceptors (Lipinski definition) is 4. The molecule has 0 aliphatic heterocycles. The van der Waals surface area contributed by atoms with E-state index in [-0.39, 0.29) is 17.3 Å². The van der Waals surface area contributed by atoms with Crippen LogP contribution < -0.4 is 10.1 Å². The summed E-state index contributed by atoms with van der Waals surface area (Å²) in [5.74, 6) is 0.431. The van der Waals surface area contributed by atoms with Crippen LogP contribution in [0.15, 0.2) is 18.2 Å². The zero-order valence-corrected chi connectivity index (χ0v) is 13.7. The first-order chi connectivity index (χ1) is 11.0. The summed E-state index contributed by atoms with van der Waals surface area (Å²) in [6, 6.07) is 4.72. The summed E-state index contributed by atoms with van der Waals surface area (Å²) >= 11 is 0. The van der Waals surface area contributed by atoms with Crippen LogP contribution in [0.4, 0.5) is 5.69 Å². The van der Waals surface area contributed by atoms with Gasteiger partial charge >= 0.3 is 5.69 Å². The number of aryl methyl sites for hydroxylation is 1. The van der Waals surface area contributed by atoms with Gasteiger partial charge in [-0.2, -0.15) is 0 Å². The van der Waals surface area contributed by atoms with E-state index in [9.17, 15) is 14.9 Å². The molecular formula is C17H24N2O4. The Hall–Kier alpha value is -2.11. The lowest BCUT2D eigenvalue weighted by Gasteiger charge is -2.22. The van der Waals surface area contributed by atoms with E-state index in [0.29, 0.717) is 12.5 Å². The third-order valence-electron chi connectivity index (χ3n) is 4.27. The van der Waals surface area contributed by atoms with E-state index in [1.807, 2.05) is 0 Å². The molecule has 1 aromatic carbocycles. The molecule has 1 aliphatic carbocycles. The van der Waals surface area contributed by atoms with Gasteiger partial charge in [-0.3, -0.25) is 14.9 Å². The zero-order valence-electron chi connectivity index (χ0n) is 13.7. The predicted octanol–water partition coefficient (Wildman–Crippen LogP) is 3.37. The van der Waals surface area contributed by atoms with Crippen molar-refractivity contribution in [2.24, 2.45) is 5.92 Å². The van der Waals surface area contributed by atoms with Crippen LogP contribution in [-0.4, -0.2) is 23.5 Å².